The van der Waals surface area contributed by atoms with E-state index in [1.165, 1.54) is 4.88 Å². The van der Waals surface area contributed by atoms with Crippen LogP contribution in [0.15, 0.2) is 17.5 Å². The third-order valence-electron chi connectivity index (χ3n) is 3.11. The van der Waals surface area contributed by atoms with Crippen molar-refractivity contribution in [1.29, 1.82) is 5.26 Å². The standard InChI is InChI=1S/C13H17N3OS/c14-9-11-10-15-6-7-16(11)13(17)5-1-3-12-4-2-8-18-12/h2,4,8,11,15H,1,3,5-7,10H2. The molecule has 1 fully saturated rings. The molecule has 1 aromatic heterocycles. The molecule has 1 unspecified atom stereocenters. The summed E-state index contributed by atoms with van der Waals surface area (Å²) in [6, 6.07) is 6.01. The van der Waals surface area contributed by atoms with Crippen molar-refractivity contribution in [3.05, 3.63) is 22.4 Å². The third kappa shape index (κ3) is 3.31. The van der Waals surface area contributed by atoms with Crippen LogP contribution in [-0.4, -0.2) is 36.5 Å². The fourth-order valence-corrected chi connectivity index (χ4v) is 2.88. The molecule has 4 nitrogen and oxygen atoms in total. The lowest BCUT2D eigenvalue weighted by molar-refractivity contribution is -0.133. The van der Waals surface area contributed by atoms with Crippen molar-refractivity contribution in [3.63, 3.8) is 0 Å². The molecule has 5 heteroatoms. The Kier molecular flexibility index (Phi) is 4.73. The predicted octanol–water partition coefficient (Wildman–Crippen LogP) is 1.39. The van der Waals surface area contributed by atoms with Crippen LogP contribution in [0.1, 0.15) is 17.7 Å². The number of carbonyl (C=O) groups excluding carboxylic acids is 1. The van der Waals surface area contributed by atoms with Gasteiger partial charge in [-0.1, -0.05) is 6.07 Å². The van der Waals surface area contributed by atoms with E-state index < -0.39 is 0 Å². The predicted molar refractivity (Wildman–Crippen MR) is 71.2 cm³/mol. The zero-order valence-corrected chi connectivity index (χ0v) is 11.1. The van der Waals surface area contributed by atoms with Gasteiger partial charge in [-0.3, -0.25) is 4.79 Å². The van der Waals surface area contributed by atoms with Gasteiger partial charge in [0.1, 0.15) is 6.04 Å². The van der Waals surface area contributed by atoms with Gasteiger partial charge in [0.2, 0.25) is 5.91 Å². The number of aryl methyl sites for hydroxylation is 1. The molecule has 1 aromatic rings. The van der Waals surface area contributed by atoms with Gasteiger partial charge in [0, 0.05) is 30.9 Å². The lowest BCUT2D eigenvalue weighted by Crippen LogP contribution is -2.52. The maximum Gasteiger partial charge on any atom is 0.223 e. The van der Waals surface area contributed by atoms with Crippen LogP contribution >= 0.6 is 11.3 Å². The van der Waals surface area contributed by atoms with Crippen LogP contribution in [0, 0.1) is 11.3 Å². The summed E-state index contributed by atoms with van der Waals surface area (Å²) >= 11 is 1.73. The third-order valence-corrected chi connectivity index (χ3v) is 4.04. The summed E-state index contributed by atoms with van der Waals surface area (Å²) < 4.78 is 0. The van der Waals surface area contributed by atoms with Crippen molar-refractivity contribution >= 4 is 17.2 Å². The average molecular weight is 263 g/mol. The number of amides is 1. The van der Waals surface area contributed by atoms with Gasteiger partial charge in [-0.2, -0.15) is 5.26 Å². The lowest BCUT2D eigenvalue weighted by Gasteiger charge is -2.32. The van der Waals surface area contributed by atoms with Gasteiger partial charge in [-0.25, -0.2) is 0 Å². The highest BCUT2D eigenvalue weighted by molar-refractivity contribution is 7.09. The number of rotatable bonds is 4. The van der Waals surface area contributed by atoms with Crippen LogP contribution in [0.3, 0.4) is 0 Å². The van der Waals surface area contributed by atoms with Crippen LogP contribution in [0.25, 0.3) is 0 Å². The van der Waals surface area contributed by atoms with Gasteiger partial charge in [0.25, 0.3) is 0 Å². The summed E-state index contributed by atoms with van der Waals surface area (Å²) in [6.07, 6.45) is 2.35. The first-order valence-electron chi connectivity index (χ1n) is 6.23. The molecule has 0 aromatic carbocycles. The van der Waals surface area contributed by atoms with E-state index in [1.54, 1.807) is 16.2 Å². The second-order valence-electron chi connectivity index (χ2n) is 4.37. The maximum absolute atomic E-state index is 12.0. The Morgan fingerprint density at radius 1 is 1.67 bits per heavy atom. The summed E-state index contributed by atoms with van der Waals surface area (Å²) in [5.74, 6) is 0.111. The molecule has 0 spiro atoms. The second kappa shape index (κ2) is 6.53. The Hall–Kier alpha value is -1.38. The molecule has 1 N–H and O–H groups in total. The molecule has 0 radical (unpaired) electrons. The summed E-state index contributed by atoms with van der Waals surface area (Å²) in [5.41, 5.74) is 0. The number of hydrogen-bond acceptors (Lipinski definition) is 4. The highest BCUT2D eigenvalue weighted by Gasteiger charge is 2.25. The molecule has 1 amide bonds. The average Bonchev–Trinajstić information content (AvgIpc) is 2.91. The molecule has 96 valence electrons. The van der Waals surface area contributed by atoms with Crippen molar-refractivity contribution in [1.82, 2.24) is 10.2 Å². The number of thiophene rings is 1. The normalized spacial score (nSPS) is 19.5. The number of hydrogen-bond donors (Lipinski definition) is 1. The van der Waals surface area contributed by atoms with Gasteiger partial charge < -0.3 is 10.2 Å². The fraction of sp³-hybridized carbons (Fsp3) is 0.538. The van der Waals surface area contributed by atoms with E-state index in [1.807, 2.05) is 6.07 Å². The molecule has 18 heavy (non-hydrogen) atoms. The monoisotopic (exact) mass is 263 g/mol. The minimum atomic E-state index is -0.298. The van der Waals surface area contributed by atoms with Crippen LogP contribution in [0.4, 0.5) is 0 Å². The van der Waals surface area contributed by atoms with E-state index in [0.29, 0.717) is 19.5 Å². The Labute approximate surface area is 111 Å². The summed E-state index contributed by atoms with van der Waals surface area (Å²) in [6.45, 7) is 2.03. The van der Waals surface area contributed by atoms with E-state index in [0.717, 1.165) is 19.4 Å². The molecule has 0 bridgehead atoms. The molecule has 1 saturated heterocycles. The van der Waals surface area contributed by atoms with Gasteiger partial charge in [-0.05, 0) is 24.3 Å². The number of nitrogens with one attached hydrogen (secondary N) is 1. The smallest absolute Gasteiger partial charge is 0.223 e. The van der Waals surface area contributed by atoms with Crippen LogP contribution in [0.2, 0.25) is 0 Å². The maximum atomic E-state index is 12.0. The van der Waals surface area contributed by atoms with Crippen molar-refractivity contribution in [2.75, 3.05) is 19.6 Å². The zero-order valence-electron chi connectivity index (χ0n) is 10.3. The lowest BCUT2D eigenvalue weighted by atomic mass is 10.1. The summed E-state index contributed by atoms with van der Waals surface area (Å²) in [5, 5.41) is 14.2. The van der Waals surface area contributed by atoms with E-state index in [9.17, 15) is 4.79 Å². The Balaban J connectivity index is 1.78. The summed E-state index contributed by atoms with van der Waals surface area (Å²) in [4.78, 5) is 15.1. The molecular weight excluding hydrogens is 246 g/mol. The minimum Gasteiger partial charge on any atom is -0.324 e. The molecule has 1 aliphatic rings. The van der Waals surface area contributed by atoms with Crippen molar-refractivity contribution in [3.8, 4) is 6.07 Å². The van der Waals surface area contributed by atoms with Crippen LogP contribution < -0.4 is 5.32 Å². The number of nitriles is 1. The largest absolute Gasteiger partial charge is 0.324 e. The van der Waals surface area contributed by atoms with Crippen molar-refractivity contribution < 1.29 is 4.79 Å². The topological polar surface area (TPSA) is 56.1 Å². The molecule has 0 saturated carbocycles. The van der Waals surface area contributed by atoms with Gasteiger partial charge in [-0.15, -0.1) is 11.3 Å². The first-order valence-corrected chi connectivity index (χ1v) is 7.11. The number of nitrogens with zero attached hydrogens (tertiary/aromatic N) is 2. The first kappa shape index (κ1) is 13.1. The van der Waals surface area contributed by atoms with Crippen molar-refractivity contribution in [2.24, 2.45) is 0 Å². The number of piperazine rings is 1. The van der Waals surface area contributed by atoms with E-state index in [-0.39, 0.29) is 11.9 Å². The minimum absolute atomic E-state index is 0.111. The zero-order chi connectivity index (χ0) is 12.8. The van der Waals surface area contributed by atoms with E-state index in [4.69, 9.17) is 5.26 Å². The van der Waals surface area contributed by atoms with Crippen LogP contribution in [-0.2, 0) is 11.2 Å². The molecular formula is C13H17N3OS. The van der Waals surface area contributed by atoms with E-state index in [2.05, 4.69) is 22.8 Å². The SMILES string of the molecule is N#CC1CNCCN1C(=O)CCCc1cccs1. The Morgan fingerprint density at radius 3 is 3.28 bits per heavy atom. The number of carbonyl (C=O) groups is 1. The fourth-order valence-electron chi connectivity index (χ4n) is 2.13. The Bertz CT molecular complexity index is 424. The quantitative estimate of drug-likeness (QED) is 0.893. The Morgan fingerprint density at radius 2 is 2.56 bits per heavy atom. The highest BCUT2D eigenvalue weighted by Crippen LogP contribution is 2.13. The first-order chi connectivity index (χ1) is 8.81. The molecule has 2 rings (SSSR count). The van der Waals surface area contributed by atoms with Gasteiger partial charge in [0.05, 0.1) is 6.07 Å². The molecule has 2 heterocycles. The molecule has 0 aliphatic carbocycles. The second-order valence-corrected chi connectivity index (χ2v) is 5.40. The summed E-state index contributed by atoms with van der Waals surface area (Å²) in [7, 11) is 0. The molecule has 1 aliphatic heterocycles. The van der Waals surface area contributed by atoms with Gasteiger partial charge in [0.15, 0.2) is 0 Å². The van der Waals surface area contributed by atoms with Crippen LogP contribution in [0.5, 0.6) is 0 Å². The van der Waals surface area contributed by atoms with Crippen molar-refractivity contribution in [2.45, 2.75) is 25.3 Å². The molecule has 1 atom stereocenters. The van der Waals surface area contributed by atoms with E-state index >= 15 is 0 Å². The van der Waals surface area contributed by atoms with Gasteiger partial charge >= 0.3 is 0 Å². The highest BCUT2D eigenvalue weighted by atomic mass is 32.1.